The van der Waals surface area contributed by atoms with E-state index in [0.717, 1.165) is 41.6 Å². The maximum Gasteiger partial charge on any atom is 0.217 e. The number of tetrazole rings is 1. The van der Waals surface area contributed by atoms with Gasteiger partial charge in [0, 0.05) is 23.2 Å². The van der Waals surface area contributed by atoms with Gasteiger partial charge in [-0.1, -0.05) is 75.8 Å². The van der Waals surface area contributed by atoms with Gasteiger partial charge in [-0.15, -0.1) is 15.3 Å². The highest BCUT2D eigenvalue weighted by molar-refractivity contribution is 5.94. The summed E-state index contributed by atoms with van der Waals surface area (Å²) in [4.78, 5) is 22.1. The predicted molar refractivity (Wildman–Crippen MR) is 136 cm³/mol. The third-order valence-electron chi connectivity index (χ3n) is 7.08. The second-order valence-electron chi connectivity index (χ2n) is 9.69. The normalized spacial score (nSPS) is 17.8. The maximum absolute atomic E-state index is 13.1. The number of nitrogens with one attached hydrogen (secondary N) is 1. The highest BCUT2D eigenvalue weighted by atomic mass is 16.1. The van der Waals surface area contributed by atoms with E-state index < -0.39 is 0 Å². The van der Waals surface area contributed by atoms with Crippen molar-refractivity contribution in [1.29, 1.82) is 0 Å². The summed E-state index contributed by atoms with van der Waals surface area (Å²) in [7, 11) is 0. The predicted octanol–water partition coefficient (Wildman–Crippen LogP) is 5.14. The summed E-state index contributed by atoms with van der Waals surface area (Å²) in [6.07, 6.45) is 12.8. The lowest BCUT2D eigenvalue weighted by Gasteiger charge is -2.27. The molecule has 186 valence electrons. The molecule has 3 heterocycles. The first-order valence-electron chi connectivity index (χ1n) is 12.9. The fourth-order valence-electron chi connectivity index (χ4n) is 5.18. The lowest BCUT2D eigenvalue weighted by molar-refractivity contribution is 0.0848. The van der Waals surface area contributed by atoms with Crippen LogP contribution in [0.4, 0.5) is 0 Å². The zero-order chi connectivity index (χ0) is 24.7. The Morgan fingerprint density at radius 2 is 1.97 bits per heavy atom. The number of hydrogen-bond donors (Lipinski definition) is 1. The molecular formula is C27H32N8O. The number of carbonyl (C=O) groups excluding carboxylic acids is 1. The van der Waals surface area contributed by atoms with Gasteiger partial charge in [0.1, 0.15) is 6.33 Å². The van der Waals surface area contributed by atoms with Crippen molar-refractivity contribution in [2.75, 3.05) is 0 Å². The number of benzene rings is 1. The van der Waals surface area contributed by atoms with Crippen LogP contribution in [0.1, 0.15) is 74.5 Å². The Bertz CT molecular complexity index is 1270. The topological polar surface area (TPSA) is 115 Å². The van der Waals surface area contributed by atoms with E-state index >= 15 is 0 Å². The third kappa shape index (κ3) is 5.56. The summed E-state index contributed by atoms with van der Waals surface area (Å²) >= 11 is 0. The van der Waals surface area contributed by atoms with E-state index in [1.807, 2.05) is 42.6 Å². The molecule has 2 unspecified atom stereocenters. The highest BCUT2D eigenvalue weighted by Gasteiger charge is 2.29. The van der Waals surface area contributed by atoms with Gasteiger partial charge in [0.05, 0.1) is 12.2 Å². The first-order chi connectivity index (χ1) is 17.7. The molecule has 9 nitrogen and oxygen atoms in total. The molecule has 1 aliphatic carbocycles. The monoisotopic (exact) mass is 484 g/mol. The zero-order valence-corrected chi connectivity index (χ0v) is 20.7. The second-order valence-corrected chi connectivity index (χ2v) is 9.69. The second kappa shape index (κ2) is 11.3. The fraction of sp³-hybridized carbons (Fsp3) is 0.444. The van der Waals surface area contributed by atoms with E-state index in [2.05, 4.69) is 42.6 Å². The number of hydrogen-bond acceptors (Lipinski definition) is 7. The summed E-state index contributed by atoms with van der Waals surface area (Å²) in [5, 5.41) is 18.9. The molecule has 0 saturated heterocycles. The summed E-state index contributed by atoms with van der Waals surface area (Å²) in [6.45, 7) is 2.74. The number of ketones is 1. The maximum atomic E-state index is 13.1. The number of Topliss-reactive ketones (excluding diaryl/α,β-unsaturated/α-hetero) is 1. The van der Waals surface area contributed by atoms with Gasteiger partial charge in [-0.05, 0) is 35.6 Å². The minimum absolute atomic E-state index is 0.0569. The average molecular weight is 485 g/mol. The minimum Gasteiger partial charge on any atom is -0.290 e. The average Bonchev–Trinajstić information content (AvgIpc) is 3.62. The molecule has 0 spiro atoms. The van der Waals surface area contributed by atoms with Gasteiger partial charge in [-0.3, -0.25) is 9.78 Å². The Hall–Kier alpha value is -3.75. The molecule has 0 radical (unpaired) electrons. The number of unbranched alkanes of at least 4 members (excludes halogenated alkanes) is 2. The largest absolute Gasteiger partial charge is 0.290 e. The molecule has 1 fully saturated rings. The Morgan fingerprint density at radius 3 is 2.75 bits per heavy atom. The van der Waals surface area contributed by atoms with E-state index in [1.54, 1.807) is 11.0 Å². The van der Waals surface area contributed by atoms with Crippen LogP contribution < -0.4 is 0 Å². The molecule has 2 atom stereocenters. The van der Waals surface area contributed by atoms with Gasteiger partial charge in [-0.2, -0.15) is 5.21 Å². The third-order valence-corrected chi connectivity index (χ3v) is 7.08. The Morgan fingerprint density at radius 1 is 1.08 bits per heavy atom. The van der Waals surface area contributed by atoms with Crippen LogP contribution in [0.15, 0.2) is 48.9 Å². The number of H-pyrrole nitrogens is 1. The molecule has 1 aromatic carbocycles. The zero-order valence-electron chi connectivity index (χ0n) is 20.7. The molecule has 3 aromatic heterocycles. The fourth-order valence-corrected chi connectivity index (χ4v) is 5.18. The quantitative estimate of drug-likeness (QED) is 0.245. The Labute approximate surface area is 210 Å². The molecule has 1 saturated carbocycles. The number of rotatable bonds is 10. The summed E-state index contributed by atoms with van der Waals surface area (Å²) < 4.78 is 1.72. The summed E-state index contributed by atoms with van der Waals surface area (Å²) in [5.41, 5.74) is 3.59. The van der Waals surface area contributed by atoms with Gasteiger partial charge < -0.3 is 0 Å². The van der Waals surface area contributed by atoms with Crippen LogP contribution in [0.3, 0.4) is 0 Å². The van der Waals surface area contributed by atoms with Gasteiger partial charge in [0.25, 0.3) is 0 Å². The van der Waals surface area contributed by atoms with Crippen molar-refractivity contribution in [2.45, 2.75) is 64.8 Å². The van der Waals surface area contributed by atoms with Crippen molar-refractivity contribution in [3.63, 3.8) is 0 Å². The van der Waals surface area contributed by atoms with E-state index in [9.17, 15) is 4.79 Å². The Kier molecular flexibility index (Phi) is 7.54. The summed E-state index contributed by atoms with van der Waals surface area (Å²) in [5.74, 6) is 1.69. The SMILES string of the molecule is CCCCCC1CCCC(C(=O)c2ncn(Cc3ccc(-c4ccccc4-c4nn[nH]n4)nc3)n2)C1. The minimum atomic E-state index is 0.0569. The molecule has 0 amide bonds. The van der Waals surface area contributed by atoms with Crippen LogP contribution in [-0.4, -0.2) is 46.2 Å². The van der Waals surface area contributed by atoms with E-state index in [4.69, 9.17) is 0 Å². The van der Waals surface area contributed by atoms with Crippen LogP contribution in [0.5, 0.6) is 0 Å². The molecular weight excluding hydrogens is 452 g/mol. The van der Waals surface area contributed by atoms with E-state index in [0.29, 0.717) is 24.1 Å². The van der Waals surface area contributed by atoms with Gasteiger partial charge in [0.15, 0.2) is 0 Å². The van der Waals surface area contributed by atoms with Crippen LogP contribution in [-0.2, 0) is 6.54 Å². The van der Waals surface area contributed by atoms with Crippen LogP contribution >= 0.6 is 0 Å². The van der Waals surface area contributed by atoms with Crippen LogP contribution in [0.25, 0.3) is 22.6 Å². The van der Waals surface area contributed by atoms with Crippen LogP contribution in [0.2, 0.25) is 0 Å². The van der Waals surface area contributed by atoms with E-state index in [-0.39, 0.29) is 11.7 Å². The van der Waals surface area contributed by atoms with Gasteiger partial charge in [0.2, 0.25) is 17.4 Å². The standard InChI is InChI=1S/C27H32N8O/c1-2-3-4-8-19-9-7-10-21(15-19)25(36)27-29-18-35(32-27)17-20-13-14-24(28-16-20)22-11-5-6-12-23(22)26-30-33-34-31-26/h5-6,11-14,16,18-19,21H,2-4,7-10,15,17H2,1H3,(H,30,31,33,34). The van der Waals surface area contributed by atoms with Gasteiger partial charge in [-0.25, -0.2) is 9.67 Å². The molecule has 5 rings (SSSR count). The van der Waals surface area contributed by atoms with Crippen molar-refractivity contribution in [3.05, 3.63) is 60.3 Å². The molecule has 0 aliphatic heterocycles. The molecule has 4 aromatic rings. The van der Waals surface area contributed by atoms with Crippen molar-refractivity contribution in [3.8, 4) is 22.6 Å². The summed E-state index contributed by atoms with van der Waals surface area (Å²) in [6, 6.07) is 11.8. The molecule has 9 heteroatoms. The highest BCUT2D eigenvalue weighted by Crippen LogP contribution is 2.34. The van der Waals surface area contributed by atoms with Crippen LogP contribution in [0, 0.1) is 11.8 Å². The number of aromatic amines is 1. The van der Waals surface area contributed by atoms with Crippen molar-refractivity contribution in [2.24, 2.45) is 11.8 Å². The van der Waals surface area contributed by atoms with Gasteiger partial charge >= 0.3 is 0 Å². The molecule has 1 N–H and O–H groups in total. The molecule has 36 heavy (non-hydrogen) atoms. The van der Waals surface area contributed by atoms with E-state index in [1.165, 1.54) is 32.1 Å². The van der Waals surface area contributed by atoms with Crippen molar-refractivity contribution >= 4 is 5.78 Å². The first-order valence-corrected chi connectivity index (χ1v) is 12.9. The lowest BCUT2D eigenvalue weighted by Crippen LogP contribution is -2.24. The lowest BCUT2D eigenvalue weighted by atomic mass is 9.77. The first kappa shape index (κ1) is 24.0. The van der Waals surface area contributed by atoms with Crippen molar-refractivity contribution < 1.29 is 4.79 Å². The molecule has 1 aliphatic rings. The smallest absolute Gasteiger partial charge is 0.217 e. The number of nitrogens with zero attached hydrogens (tertiary/aromatic N) is 7. The Balaban J connectivity index is 1.23. The molecule has 0 bridgehead atoms. The van der Waals surface area contributed by atoms with Crippen molar-refractivity contribution in [1.82, 2.24) is 40.4 Å². The number of pyridine rings is 1. The number of carbonyl (C=O) groups is 1. The number of aromatic nitrogens is 8.